The third-order valence-electron chi connectivity index (χ3n) is 4.97. The van der Waals surface area contributed by atoms with E-state index < -0.39 is 9.84 Å². The molecule has 0 spiro atoms. The summed E-state index contributed by atoms with van der Waals surface area (Å²) in [7, 11) is -3.30. The van der Waals surface area contributed by atoms with Crippen molar-refractivity contribution in [2.75, 3.05) is 6.26 Å². The number of hydrogen-bond donors (Lipinski definition) is 0. The Labute approximate surface area is 150 Å². The highest BCUT2D eigenvalue weighted by Gasteiger charge is 2.35. The number of hydrogen-bond acceptors (Lipinski definition) is 2. The van der Waals surface area contributed by atoms with Gasteiger partial charge in [-0.05, 0) is 65.3 Å². The highest BCUT2D eigenvalue weighted by molar-refractivity contribution is 7.91. The minimum absolute atomic E-state index is 0.101. The molecule has 130 valence electrons. The van der Waals surface area contributed by atoms with Crippen molar-refractivity contribution >= 4 is 32.2 Å². The van der Waals surface area contributed by atoms with Crippen molar-refractivity contribution in [2.45, 2.75) is 56.2 Å². The van der Waals surface area contributed by atoms with Crippen molar-refractivity contribution in [1.82, 2.24) is 0 Å². The first-order valence-corrected chi connectivity index (χ1v) is 10.7. The summed E-state index contributed by atoms with van der Waals surface area (Å²) in [4.78, 5) is 0.438. The van der Waals surface area contributed by atoms with Crippen molar-refractivity contribution in [3.8, 4) is 0 Å². The lowest BCUT2D eigenvalue weighted by atomic mass is 9.82. The molecule has 2 atom stereocenters. The van der Waals surface area contributed by atoms with Gasteiger partial charge < -0.3 is 0 Å². The van der Waals surface area contributed by atoms with E-state index in [0.717, 1.165) is 34.7 Å². The summed E-state index contributed by atoms with van der Waals surface area (Å²) in [5.74, 6) is 0.528. The number of fused-ring (bicyclic) bond motifs is 1. The summed E-state index contributed by atoms with van der Waals surface area (Å²) in [6.45, 7) is 8.45. The third-order valence-corrected chi connectivity index (χ3v) is 6.65. The minimum Gasteiger partial charge on any atom is -0.224 e. The number of benzene rings is 2. The van der Waals surface area contributed by atoms with Crippen LogP contribution in [0.4, 0.5) is 0 Å². The number of halogens is 1. The minimum atomic E-state index is -3.30. The van der Waals surface area contributed by atoms with Gasteiger partial charge in [0.25, 0.3) is 0 Å². The second kappa shape index (κ2) is 5.74. The fraction of sp³-hybridized carbons (Fsp3) is 0.500. The van der Waals surface area contributed by atoms with Crippen molar-refractivity contribution in [1.29, 1.82) is 0 Å². The standard InChI is InChI=1S/C20H25ClO2S/c1-12-15-7-6-13(8-14-10-18(14)21)9-16(15)19(24(5,22)23)11-17(12)20(2,3)4/h6-7,9,11,14,18H,8,10H2,1-5H3. The van der Waals surface area contributed by atoms with Crippen LogP contribution in [-0.4, -0.2) is 20.1 Å². The molecule has 0 amide bonds. The highest BCUT2D eigenvalue weighted by atomic mass is 35.5. The van der Waals surface area contributed by atoms with E-state index in [1.54, 1.807) is 0 Å². The van der Waals surface area contributed by atoms with Crippen LogP contribution < -0.4 is 0 Å². The predicted octanol–water partition coefficient (Wildman–Crippen LogP) is 5.02. The largest absolute Gasteiger partial charge is 0.224 e. The van der Waals surface area contributed by atoms with Crippen LogP contribution in [0, 0.1) is 12.8 Å². The Balaban J connectivity index is 2.25. The smallest absolute Gasteiger partial charge is 0.176 e. The Hall–Kier alpha value is -1.06. The second-order valence-electron chi connectivity index (χ2n) is 8.17. The molecule has 0 bridgehead atoms. The van der Waals surface area contributed by atoms with Gasteiger partial charge in [-0.2, -0.15) is 0 Å². The Morgan fingerprint density at radius 3 is 2.29 bits per heavy atom. The topological polar surface area (TPSA) is 34.1 Å². The third kappa shape index (κ3) is 3.34. The van der Waals surface area contributed by atoms with Crippen LogP contribution >= 0.6 is 11.6 Å². The molecule has 2 aromatic carbocycles. The first kappa shape index (κ1) is 17.8. The van der Waals surface area contributed by atoms with Crippen LogP contribution in [0.1, 0.15) is 43.9 Å². The molecule has 0 aliphatic heterocycles. The van der Waals surface area contributed by atoms with E-state index in [9.17, 15) is 8.42 Å². The van der Waals surface area contributed by atoms with E-state index in [0.29, 0.717) is 10.8 Å². The van der Waals surface area contributed by atoms with Crippen molar-refractivity contribution < 1.29 is 8.42 Å². The first-order valence-electron chi connectivity index (χ1n) is 8.39. The summed E-state index contributed by atoms with van der Waals surface area (Å²) in [6.07, 6.45) is 3.28. The average Bonchev–Trinajstić information content (AvgIpc) is 3.11. The van der Waals surface area contributed by atoms with Crippen LogP contribution in [0.2, 0.25) is 0 Å². The fourth-order valence-electron chi connectivity index (χ4n) is 3.52. The average molecular weight is 365 g/mol. The van der Waals surface area contributed by atoms with Crippen molar-refractivity contribution in [2.24, 2.45) is 5.92 Å². The maximum Gasteiger partial charge on any atom is 0.176 e. The first-order chi connectivity index (χ1) is 11.0. The molecule has 2 aromatic rings. The second-order valence-corrected chi connectivity index (χ2v) is 10.7. The van der Waals surface area contributed by atoms with E-state index in [4.69, 9.17) is 11.6 Å². The van der Waals surface area contributed by atoms with E-state index in [2.05, 4.69) is 39.8 Å². The molecule has 0 saturated heterocycles. The zero-order chi connectivity index (χ0) is 17.9. The van der Waals surface area contributed by atoms with Gasteiger partial charge in [-0.3, -0.25) is 0 Å². The SMILES string of the molecule is Cc1c(C(C)(C)C)cc(S(C)(=O)=O)c2cc(CC3CC3Cl)ccc12. The van der Waals surface area contributed by atoms with Gasteiger partial charge in [-0.15, -0.1) is 11.6 Å². The maximum atomic E-state index is 12.4. The maximum absolute atomic E-state index is 12.4. The fourth-order valence-corrected chi connectivity index (χ4v) is 4.74. The molecule has 3 rings (SSSR count). The number of aryl methyl sites for hydroxylation is 1. The van der Waals surface area contributed by atoms with E-state index in [-0.39, 0.29) is 10.8 Å². The van der Waals surface area contributed by atoms with E-state index >= 15 is 0 Å². The molecule has 2 nitrogen and oxygen atoms in total. The number of sulfone groups is 1. The van der Waals surface area contributed by atoms with Crippen molar-refractivity contribution in [3.05, 3.63) is 41.0 Å². The van der Waals surface area contributed by atoms with Gasteiger partial charge >= 0.3 is 0 Å². The molecular weight excluding hydrogens is 340 g/mol. The van der Waals surface area contributed by atoms with Gasteiger partial charge in [0, 0.05) is 17.0 Å². The van der Waals surface area contributed by atoms with Gasteiger partial charge in [0.15, 0.2) is 9.84 Å². The molecule has 0 radical (unpaired) electrons. The molecule has 1 aliphatic carbocycles. The number of rotatable bonds is 3. The predicted molar refractivity (Wildman–Crippen MR) is 102 cm³/mol. The zero-order valence-electron chi connectivity index (χ0n) is 15.0. The highest BCUT2D eigenvalue weighted by Crippen LogP contribution is 2.40. The molecule has 1 saturated carbocycles. The van der Waals surface area contributed by atoms with Gasteiger partial charge in [0.05, 0.1) is 4.90 Å². The quantitative estimate of drug-likeness (QED) is 0.716. The van der Waals surface area contributed by atoms with Crippen LogP contribution in [0.3, 0.4) is 0 Å². The summed E-state index contributed by atoms with van der Waals surface area (Å²) in [6, 6.07) is 8.12. The number of alkyl halides is 1. The van der Waals surface area contributed by atoms with Crippen LogP contribution in [0.25, 0.3) is 10.8 Å². The van der Waals surface area contributed by atoms with Crippen molar-refractivity contribution in [3.63, 3.8) is 0 Å². The Morgan fingerprint density at radius 1 is 1.17 bits per heavy atom. The molecule has 2 unspecified atom stereocenters. The molecule has 0 N–H and O–H groups in total. The van der Waals surface area contributed by atoms with Crippen LogP contribution in [0.5, 0.6) is 0 Å². The van der Waals surface area contributed by atoms with Gasteiger partial charge in [-0.25, -0.2) is 8.42 Å². The summed E-state index contributed by atoms with van der Waals surface area (Å²) in [5, 5.41) is 2.15. The Kier molecular flexibility index (Phi) is 4.25. The van der Waals surface area contributed by atoms with E-state index in [1.807, 2.05) is 12.1 Å². The van der Waals surface area contributed by atoms with Crippen LogP contribution in [-0.2, 0) is 21.7 Å². The lowest BCUT2D eigenvalue weighted by Crippen LogP contribution is -2.15. The monoisotopic (exact) mass is 364 g/mol. The normalized spacial score (nSPS) is 21.2. The molecule has 1 fully saturated rings. The summed E-state index contributed by atoms with van der Waals surface area (Å²) < 4.78 is 24.8. The molecule has 0 heterocycles. The molecule has 0 aromatic heterocycles. The Bertz CT molecular complexity index is 907. The summed E-state index contributed by atoms with van der Waals surface area (Å²) in [5.41, 5.74) is 3.32. The molecule has 24 heavy (non-hydrogen) atoms. The van der Waals surface area contributed by atoms with Gasteiger partial charge in [0.1, 0.15) is 0 Å². The molecular formula is C20H25ClO2S. The lowest BCUT2D eigenvalue weighted by Gasteiger charge is -2.24. The van der Waals surface area contributed by atoms with E-state index in [1.165, 1.54) is 11.8 Å². The molecule has 1 aliphatic rings. The lowest BCUT2D eigenvalue weighted by molar-refractivity contribution is 0.583. The summed E-state index contributed by atoms with van der Waals surface area (Å²) >= 11 is 6.12. The van der Waals surface area contributed by atoms with Crippen LogP contribution in [0.15, 0.2) is 29.2 Å². The zero-order valence-corrected chi connectivity index (χ0v) is 16.6. The van der Waals surface area contributed by atoms with Gasteiger partial charge in [-0.1, -0.05) is 32.9 Å². The Morgan fingerprint density at radius 2 is 1.79 bits per heavy atom. The van der Waals surface area contributed by atoms with Gasteiger partial charge in [0.2, 0.25) is 0 Å². The molecule has 4 heteroatoms.